The molecule has 0 amide bonds. The van der Waals surface area contributed by atoms with Gasteiger partial charge in [0.15, 0.2) is 0 Å². The van der Waals surface area contributed by atoms with Crippen molar-refractivity contribution in [3.63, 3.8) is 0 Å². The molecule has 1 rings (SSSR count). The van der Waals surface area contributed by atoms with Crippen molar-refractivity contribution in [2.24, 2.45) is 0 Å². The lowest BCUT2D eigenvalue weighted by molar-refractivity contribution is -0.0465. The number of rotatable bonds is 0. The van der Waals surface area contributed by atoms with E-state index in [2.05, 4.69) is 0 Å². The summed E-state index contributed by atoms with van der Waals surface area (Å²) in [5.74, 6) is -4.20. The van der Waals surface area contributed by atoms with Crippen molar-refractivity contribution in [2.75, 3.05) is 0 Å². The first-order valence-corrected chi connectivity index (χ1v) is 4.65. The fourth-order valence-corrected chi connectivity index (χ4v) is 2.08. The van der Waals surface area contributed by atoms with Gasteiger partial charge in [-0.3, -0.25) is 0 Å². The van der Waals surface area contributed by atoms with Gasteiger partial charge < -0.3 is 0 Å². The van der Waals surface area contributed by atoms with Crippen molar-refractivity contribution in [1.82, 2.24) is 0 Å². The smallest absolute Gasteiger partial charge is 0.215 e. The monoisotopic (exact) mass is 292 g/mol. The lowest BCUT2D eigenvalue weighted by Gasteiger charge is -2.28. The highest BCUT2D eigenvalue weighted by Crippen LogP contribution is 2.64. The Balaban J connectivity index is 3.39. The third-order valence-electron chi connectivity index (χ3n) is 1.53. The van der Waals surface area contributed by atoms with Crippen molar-refractivity contribution in [1.29, 1.82) is 0 Å². The molecule has 0 aromatic rings. The molecule has 0 aliphatic heterocycles. The van der Waals surface area contributed by atoms with Gasteiger partial charge in [-0.1, -0.05) is 58.0 Å². The number of hydrogen-bond donors (Lipinski definition) is 0. The van der Waals surface area contributed by atoms with Gasteiger partial charge >= 0.3 is 5.92 Å². The van der Waals surface area contributed by atoms with Crippen LogP contribution in [0.4, 0.5) is 13.2 Å². The molecule has 0 aromatic heterocycles. The SMILES string of the molecule is FC1(F)C(Cl)=C(Cl)C(Cl)(Cl)C1(F)Cl. The first-order valence-electron chi connectivity index (χ1n) is 2.76. The normalized spacial score (nSPS) is 36.9. The molecule has 0 saturated carbocycles. The average Bonchev–Trinajstić information content (AvgIpc) is 2.05. The van der Waals surface area contributed by atoms with E-state index < -0.39 is 25.4 Å². The zero-order valence-electron chi connectivity index (χ0n) is 5.52. The molecule has 76 valence electrons. The maximum atomic E-state index is 13.2. The summed E-state index contributed by atoms with van der Waals surface area (Å²) in [6, 6.07) is 0. The summed E-state index contributed by atoms with van der Waals surface area (Å²) in [5.41, 5.74) is 0. The second kappa shape index (κ2) is 2.99. The first kappa shape index (κ1) is 12.1. The van der Waals surface area contributed by atoms with E-state index in [1.807, 2.05) is 0 Å². The maximum Gasteiger partial charge on any atom is 0.335 e. The minimum Gasteiger partial charge on any atom is -0.215 e. The number of allylic oxidation sites excluding steroid dienone is 2. The van der Waals surface area contributed by atoms with E-state index in [1.54, 1.807) is 0 Å². The van der Waals surface area contributed by atoms with Crippen molar-refractivity contribution in [3.05, 3.63) is 10.1 Å². The predicted molar refractivity (Wildman–Crippen MR) is 47.8 cm³/mol. The predicted octanol–water partition coefficient (Wildman–Crippen LogP) is 4.40. The van der Waals surface area contributed by atoms with Gasteiger partial charge in [0.1, 0.15) is 5.03 Å². The first-order chi connectivity index (χ1) is 5.57. The molecule has 0 nitrogen and oxygen atoms in total. The molecule has 0 spiro atoms. The molecule has 1 aliphatic carbocycles. The lowest BCUT2D eigenvalue weighted by Crippen LogP contribution is -2.46. The molecular weight excluding hydrogens is 294 g/mol. The topological polar surface area (TPSA) is 0 Å². The summed E-state index contributed by atoms with van der Waals surface area (Å²) < 4.78 is 36.3. The van der Waals surface area contributed by atoms with E-state index in [9.17, 15) is 13.2 Å². The van der Waals surface area contributed by atoms with E-state index in [-0.39, 0.29) is 0 Å². The van der Waals surface area contributed by atoms with Crippen LogP contribution in [-0.4, -0.2) is 15.4 Å². The molecule has 8 heteroatoms. The van der Waals surface area contributed by atoms with E-state index in [0.29, 0.717) is 0 Å². The van der Waals surface area contributed by atoms with E-state index in [0.717, 1.165) is 0 Å². The number of alkyl halides is 6. The molecule has 1 atom stereocenters. The molecule has 0 bridgehead atoms. The van der Waals surface area contributed by atoms with Crippen LogP contribution >= 0.6 is 58.0 Å². The van der Waals surface area contributed by atoms with Crippen LogP contribution < -0.4 is 0 Å². The van der Waals surface area contributed by atoms with Crippen LogP contribution in [0.25, 0.3) is 0 Å². The minimum atomic E-state index is -4.20. The summed E-state index contributed by atoms with van der Waals surface area (Å²) in [7, 11) is 0. The molecular formula is C5Cl5F3. The van der Waals surface area contributed by atoms with E-state index in [4.69, 9.17) is 58.0 Å². The largest absolute Gasteiger partial charge is 0.335 e. The molecule has 0 radical (unpaired) electrons. The van der Waals surface area contributed by atoms with Crippen LogP contribution in [0.15, 0.2) is 10.1 Å². The zero-order chi connectivity index (χ0) is 10.7. The van der Waals surface area contributed by atoms with Crippen LogP contribution in [0.5, 0.6) is 0 Å². The van der Waals surface area contributed by atoms with Gasteiger partial charge in [0.2, 0.25) is 4.33 Å². The Bertz CT molecular complexity index is 256. The molecule has 1 unspecified atom stereocenters. The van der Waals surface area contributed by atoms with Gasteiger partial charge in [0.05, 0.1) is 5.03 Å². The third kappa shape index (κ3) is 1.28. The third-order valence-corrected chi connectivity index (χ3v) is 4.33. The average molecular weight is 294 g/mol. The molecule has 13 heavy (non-hydrogen) atoms. The lowest BCUT2D eigenvalue weighted by atomic mass is 10.2. The van der Waals surface area contributed by atoms with Crippen molar-refractivity contribution >= 4 is 58.0 Å². The highest BCUT2D eigenvalue weighted by molar-refractivity contribution is 6.62. The van der Waals surface area contributed by atoms with Gasteiger partial charge in [-0.15, -0.1) is 0 Å². The molecule has 0 fully saturated rings. The van der Waals surface area contributed by atoms with Crippen LogP contribution in [0.2, 0.25) is 0 Å². The van der Waals surface area contributed by atoms with Crippen LogP contribution in [0.3, 0.4) is 0 Å². The Labute approximate surface area is 96.5 Å². The molecule has 0 saturated heterocycles. The van der Waals surface area contributed by atoms with Gasteiger partial charge in [-0.05, 0) is 0 Å². The van der Waals surface area contributed by atoms with E-state index in [1.165, 1.54) is 0 Å². The molecule has 0 aromatic carbocycles. The summed E-state index contributed by atoms with van der Waals surface area (Å²) in [6.07, 6.45) is 0. The quantitative estimate of drug-likeness (QED) is 0.581. The Hall–Kier alpha value is 0.980. The Morgan fingerprint density at radius 2 is 1.23 bits per heavy atom. The van der Waals surface area contributed by atoms with Crippen LogP contribution in [0.1, 0.15) is 0 Å². The van der Waals surface area contributed by atoms with Crippen LogP contribution in [-0.2, 0) is 0 Å². The minimum absolute atomic E-state index is 0.903. The Morgan fingerprint density at radius 3 is 1.31 bits per heavy atom. The zero-order valence-corrected chi connectivity index (χ0v) is 9.30. The Kier molecular flexibility index (Phi) is 2.77. The second-order valence-electron chi connectivity index (χ2n) is 2.35. The Morgan fingerprint density at radius 1 is 0.846 bits per heavy atom. The van der Waals surface area contributed by atoms with Gasteiger partial charge in [-0.25, -0.2) is 4.39 Å². The second-order valence-corrected chi connectivity index (χ2v) is 4.96. The standard InChI is InChI=1S/C5Cl5F3/c6-1-2(7)4(11,12)5(10,13)3(1,8)9. The number of halogens is 8. The summed E-state index contributed by atoms with van der Waals surface area (Å²) in [6.45, 7) is 0. The maximum absolute atomic E-state index is 13.2. The van der Waals surface area contributed by atoms with Gasteiger partial charge in [0.25, 0.3) is 5.13 Å². The summed E-state index contributed by atoms with van der Waals surface area (Å²) >= 11 is 25.5. The fourth-order valence-electron chi connectivity index (χ4n) is 0.749. The highest BCUT2D eigenvalue weighted by Gasteiger charge is 2.75. The highest BCUT2D eigenvalue weighted by atomic mass is 35.5. The summed E-state index contributed by atoms with van der Waals surface area (Å²) in [4.78, 5) is 0. The van der Waals surface area contributed by atoms with Gasteiger partial charge in [0, 0.05) is 0 Å². The fraction of sp³-hybridized carbons (Fsp3) is 0.600. The van der Waals surface area contributed by atoms with Gasteiger partial charge in [-0.2, -0.15) is 8.78 Å². The van der Waals surface area contributed by atoms with Crippen molar-refractivity contribution < 1.29 is 13.2 Å². The van der Waals surface area contributed by atoms with E-state index >= 15 is 0 Å². The van der Waals surface area contributed by atoms with Crippen molar-refractivity contribution in [3.8, 4) is 0 Å². The number of hydrogen-bond acceptors (Lipinski definition) is 0. The molecule has 1 aliphatic rings. The van der Waals surface area contributed by atoms with Crippen molar-refractivity contribution in [2.45, 2.75) is 15.4 Å². The summed E-state index contributed by atoms with van der Waals surface area (Å²) in [5, 5.41) is -5.92. The molecule has 0 N–H and O–H groups in total. The van der Waals surface area contributed by atoms with Crippen LogP contribution in [0, 0.1) is 0 Å². The molecule has 0 heterocycles.